The van der Waals surface area contributed by atoms with Gasteiger partial charge in [0, 0.05) is 30.8 Å². The molecule has 1 aromatic heterocycles. The molecule has 23 heavy (non-hydrogen) atoms. The number of aromatic nitrogens is 2. The molecule has 0 spiro atoms. The number of nitrogens with one attached hydrogen (secondary N) is 2. The highest BCUT2D eigenvalue weighted by Crippen LogP contribution is 2.12. The third-order valence-electron chi connectivity index (χ3n) is 3.96. The summed E-state index contributed by atoms with van der Waals surface area (Å²) in [4.78, 5) is 23.7. The summed E-state index contributed by atoms with van der Waals surface area (Å²) in [6, 6.07) is 9.68. The van der Waals surface area contributed by atoms with E-state index in [1.165, 1.54) is 0 Å². The summed E-state index contributed by atoms with van der Waals surface area (Å²) in [5.41, 5.74) is 2.14. The minimum Gasteiger partial charge on any atom is -0.352 e. The van der Waals surface area contributed by atoms with Crippen LogP contribution in [0.3, 0.4) is 0 Å². The first kappa shape index (κ1) is 15.3. The van der Waals surface area contributed by atoms with Gasteiger partial charge in [-0.05, 0) is 31.9 Å². The van der Waals surface area contributed by atoms with Crippen LogP contribution in [0.2, 0.25) is 0 Å². The third kappa shape index (κ3) is 3.59. The van der Waals surface area contributed by atoms with Gasteiger partial charge in [0.2, 0.25) is 5.91 Å². The fourth-order valence-corrected chi connectivity index (χ4v) is 2.73. The van der Waals surface area contributed by atoms with Crippen molar-refractivity contribution in [3.63, 3.8) is 0 Å². The van der Waals surface area contributed by atoms with Crippen LogP contribution >= 0.6 is 0 Å². The summed E-state index contributed by atoms with van der Waals surface area (Å²) in [7, 11) is 0. The molecule has 0 unspecified atom stereocenters. The maximum Gasteiger partial charge on any atom is 0.272 e. The quantitative estimate of drug-likeness (QED) is 0.900. The van der Waals surface area contributed by atoms with Crippen LogP contribution in [0.4, 0.5) is 0 Å². The second kappa shape index (κ2) is 6.64. The van der Waals surface area contributed by atoms with Crippen LogP contribution in [0.15, 0.2) is 36.5 Å². The number of carbonyl (C=O) groups excluding carboxylic acids is 2. The number of nitrogens with zero attached hydrogens (tertiary/aromatic N) is 2. The van der Waals surface area contributed by atoms with Crippen molar-refractivity contribution in [2.45, 2.75) is 32.2 Å². The number of amides is 2. The van der Waals surface area contributed by atoms with Crippen molar-refractivity contribution in [1.29, 1.82) is 0 Å². The molecule has 120 valence electrons. The van der Waals surface area contributed by atoms with Gasteiger partial charge < -0.3 is 10.6 Å². The largest absolute Gasteiger partial charge is 0.352 e. The number of carbonyl (C=O) groups is 2. The van der Waals surface area contributed by atoms with Gasteiger partial charge in [-0.1, -0.05) is 18.2 Å². The van der Waals surface area contributed by atoms with E-state index in [1.807, 2.05) is 43.5 Å². The molecule has 1 aromatic carbocycles. The zero-order valence-electron chi connectivity index (χ0n) is 13.1. The first-order valence-corrected chi connectivity index (χ1v) is 7.83. The van der Waals surface area contributed by atoms with Crippen LogP contribution in [0.5, 0.6) is 0 Å². The highest BCUT2D eigenvalue weighted by atomic mass is 16.2. The van der Waals surface area contributed by atoms with Gasteiger partial charge in [-0.15, -0.1) is 0 Å². The van der Waals surface area contributed by atoms with Gasteiger partial charge in [-0.3, -0.25) is 9.59 Å². The fourth-order valence-electron chi connectivity index (χ4n) is 2.73. The average Bonchev–Trinajstić information content (AvgIpc) is 2.95. The maximum absolute atomic E-state index is 12.3. The van der Waals surface area contributed by atoms with E-state index in [0.717, 1.165) is 24.1 Å². The number of rotatable bonds is 4. The Morgan fingerprint density at radius 2 is 2.17 bits per heavy atom. The predicted octanol–water partition coefficient (Wildman–Crippen LogP) is 1.58. The van der Waals surface area contributed by atoms with Crippen LogP contribution in [-0.2, 0) is 4.79 Å². The van der Waals surface area contributed by atoms with Gasteiger partial charge in [0.15, 0.2) is 5.69 Å². The Morgan fingerprint density at radius 3 is 2.91 bits per heavy atom. The number of para-hydroxylation sites is 1. The molecule has 2 aromatic rings. The van der Waals surface area contributed by atoms with Crippen molar-refractivity contribution < 1.29 is 9.59 Å². The first-order chi connectivity index (χ1) is 11.1. The van der Waals surface area contributed by atoms with E-state index in [4.69, 9.17) is 0 Å². The van der Waals surface area contributed by atoms with Crippen molar-refractivity contribution in [2.24, 2.45) is 0 Å². The van der Waals surface area contributed by atoms with Gasteiger partial charge in [-0.25, -0.2) is 4.68 Å². The van der Waals surface area contributed by atoms with E-state index in [2.05, 4.69) is 15.7 Å². The molecule has 1 atom stereocenters. The van der Waals surface area contributed by atoms with Crippen LogP contribution < -0.4 is 10.6 Å². The summed E-state index contributed by atoms with van der Waals surface area (Å²) in [6.45, 7) is 2.30. The van der Waals surface area contributed by atoms with Crippen molar-refractivity contribution in [2.75, 3.05) is 6.54 Å². The van der Waals surface area contributed by atoms with Crippen molar-refractivity contribution in [1.82, 2.24) is 20.4 Å². The Bertz CT molecular complexity index is 709. The molecule has 2 N–H and O–H groups in total. The maximum atomic E-state index is 12.3. The second-order valence-electron chi connectivity index (χ2n) is 5.81. The Balaban J connectivity index is 1.66. The topological polar surface area (TPSA) is 76.0 Å². The van der Waals surface area contributed by atoms with Crippen LogP contribution in [0, 0.1) is 6.92 Å². The summed E-state index contributed by atoms with van der Waals surface area (Å²) >= 11 is 0. The molecule has 0 aliphatic carbocycles. The summed E-state index contributed by atoms with van der Waals surface area (Å²) in [5.74, 6) is -0.156. The zero-order valence-corrected chi connectivity index (χ0v) is 13.1. The molecule has 6 heteroatoms. The third-order valence-corrected chi connectivity index (χ3v) is 3.96. The van der Waals surface area contributed by atoms with E-state index in [1.54, 1.807) is 4.68 Å². The first-order valence-electron chi connectivity index (χ1n) is 7.83. The van der Waals surface area contributed by atoms with Gasteiger partial charge >= 0.3 is 0 Å². The second-order valence-corrected chi connectivity index (χ2v) is 5.81. The van der Waals surface area contributed by atoms with E-state index in [-0.39, 0.29) is 17.9 Å². The van der Waals surface area contributed by atoms with Gasteiger partial charge in [0.1, 0.15) is 0 Å². The number of hydrogen-bond donors (Lipinski definition) is 2. The zero-order chi connectivity index (χ0) is 16.2. The van der Waals surface area contributed by atoms with Crippen LogP contribution in [-0.4, -0.2) is 34.2 Å². The highest BCUT2D eigenvalue weighted by Gasteiger charge is 2.20. The molecular formula is C17H20N4O2. The number of benzene rings is 1. The lowest BCUT2D eigenvalue weighted by Gasteiger charge is -2.23. The van der Waals surface area contributed by atoms with Crippen LogP contribution in [0.25, 0.3) is 5.69 Å². The Hall–Kier alpha value is -2.63. The lowest BCUT2D eigenvalue weighted by atomic mass is 10.0. The highest BCUT2D eigenvalue weighted by molar-refractivity contribution is 5.93. The molecule has 6 nitrogen and oxygen atoms in total. The van der Waals surface area contributed by atoms with E-state index in [9.17, 15) is 9.59 Å². The standard InChI is InChI=1S/C17H20N4O2/c1-12-11-21(14-7-3-2-4-8-14)20-16(12)17(23)18-10-13-6-5-9-15(22)19-13/h2-4,7-8,11,13H,5-6,9-10H2,1H3,(H,18,23)(H,19,22)/t13-/m1/s1. The molecule has 3 rings (SSSR count). The Kier molecular flexibility index (Phi) is 4.41. The molecular weight excluding hydrogens is 292 g/mol. The van der Waals surface area contributed by atoms with Crippen LogP contribution in [0.1, 0.15) is 35.3 Å². The van der Waals surface area contributed by atoms with Crippen molar-refractivity contribution in [3.05, 3.63) is 47.8 Å². The predicted molar refractivity (Wildman–Crippen MR) is 86.4 cm³/mol. The summed E-state index contributed by atoms with van der Waals surface area (Å²) in [6.07, 6.45) is 4.18. The fraction of sp³-hybridized carbons (Fsp3) is 0.353. The van der Waals surface area contributed by atoms with E-state index in [0.29, 0.717) is 18.7 Å². The molecule has 2 heterocycles. The number of hydrogen-bond acceptors (Lipinski definition) is 3. The van der Waals surface area contributed by atoms with Crippen molar-refractivity contribution in [3.8, 4) is 5.69 Å². The molecule has 2 amide bonds. The lowest BCUT2D eigenvalue weighted by Crippen LogP contribution is -2.46. The Labute approximate surface area is 134 Å². The Morgan fingerprint density at radius 1 is 1.39 bits per heavy atom. The smallest absolute Gasteiger partial charge is 0.272 e. The minimum absolute atomic E-state index is 0.0108. The molecule has 1 fully saturated rings. The molecule has 1 aliphatic heterocycles. The van der Waals surface area contributed by atoms with Gasteiger partial charge in [-0.2, -0.15) is 5.10 Å². The SMILES string of the molecule is Cc1cn(-c2ccccc2)nc1C(=O)NC[C@H]1CCCC(=O)N1. The molecule has 0 saturated carbocycles. The molecule has 1 aliphatic rings. The number of piperidine rings is 1. The van der Waals surface area contributed by atoms with E-state index >= 15 is 0 Å². The molecule has 0 bridgehead atoms. The van der Waals surface area contributed by atoms with Gasteiger partial charge in [0.25, 0.3) is 5.91 Å². The van der Waals surface area contributed by atoms with Crippen molar-refractivity contribution >= 4 is 11.8 Å². The van der Waals surface area contributed by atoms with Gasteiger partial charge in [0.05, 0.1) is 5.69 Å². The monoisotopic (exact) mass is 312 g/mol. The molecule has 0 radical (unpaired) electrons. The summed E-state index contributed by atoms with van der Waals surface area (Å²) in [5, 5.41) is 10.1. The normalized spacial score (nSPS) is 17.6. The lowest BCUT2D eigenvalue weighted by molar-refractivity contribution is -0.123. The molecule has 1 saturated heterocycles. The summed E-state index contributed by atoms with van der Waals surface area (Å²) < 4.78 is 1.70. The average molecular weight is 312 g/mol. The number of aryl methyl sites for hydroxylation is 1. The van der Waals surface area contributed by atoms with E-state index < -0.39 is 0 Å². The minimum atomic E-state index is -0.211.